The number of quaternary nitrogens is 1. The first-order valence-corrected chi connectivity index (χ1v) is 13.5. The van der Waals surface area contributed by atoms with E-state index in [4.69, 9.17) is 9.84 Å². The summed E-state index contributed by atoms with van der Waals surface area (Å²) in [5.41, 5.74) is 0. The molecule has 2 aliphatic carbocycles. The summed E-state index contributed by atoms with van der Waals surface area (Å²) >= 11 is 0. The minimum absolute atomic E-state index is 0.249. The molecular formula is C21H39N2O6S+. The standard InChI is InChI=1S/C12H23N.C9H15NO6S/c1-3-7-11(8-4-1)13-12-9-5-2-6-10-12;1-17(14,15)6-5-16-9(13)10-4-2-3-7(10)8(11)12/h11-13H,1-10H2;7H,2-6H2,1H3,(H,11,12)/p+1/t;7-/m.0/s1. The molecule has 1 atom stereocenters. The maximum atomic E-state index is 11.5. The number of nitrogens with zero attached hydrogens (tertiary/aromatic N) is 1. The molecule has 30 heavy (non-hydrogen) atoms. The van der Waals surface area contributed by atoms with Gasteiger partial charge in [0.15, 0.2) is 9.84 Å². The highest BCUT2D eigenvalue weighted by atomic mass is 32.2. The summed E-state index contributed by atoms with van der Waals surface area (Å²) in [6.07, 6.45) is 16.2. The van der Waals surface area contributed by atoms with Crippen molar-refractivity contribution in [2.75, 3.05) is 25.2 Å². The van der Waals surface area contributed by atoms with E-state index in [-0.39, 0.29) is 12.4 Å². The molecule has 3 fully saturated rings. The molecule has 1 aliphatic heterocycles. The lowest BCUT2D eigenvalue weighted by Crippen LogP contribution is -2.95. The van der Waals surface area contributed by atoms with Gasteiger partial charge in [-0.15, -0.1) is 0 Å². The molecule has 1 heterocycles. The van der Waals surface area contributed by atoms with Crippen LogP contribution in [0.1, 0.15) is 77.0 Å². The predicted molar refractivity (Wildman–Crippen MR) is 114 cm³/mol. The molecule has 3 N–H and O–H groups in total. The number of amides is 1. The highest BCUT2D eigenvalue weighted by Gasteiger charge is 2.35. The second kappa shape index (κ2) is 12.5. The van der Waals surface area contributed by atoms with Crippen LogP contribution >= 0.6 is 0 Å². The van der Waals surface area contributed by atoms with Gasteiger partial charge in [-0.3, -0.25) is 4.90 Å². The first kappa shape index (κ1) is 24.9. The third kappa shape index (κ3) is 9.20. The van der Waals surface area contributed by atoms with Crippen LogP contribution in [-0.2, 0) is 19.4 Å². The van der Waals surface area contributed by atoms with Crippen LogP contribution in [0.5, 0.6) is 0 Å². The molecule has 3 rings (SSSR count). The second-order valence-electron chi connectivity index (χ2n) is 8.92. The second-order valence-corrected chi connectivity index (χ2v) is 11.2. The minimum Gasteiger partial charge on any atom is -0.480 e. The molecule has 0 aromatic rings. The molecule has 0 spiro atoms. The molecule has 3 aliphatic rings. The van der Waals surface area contributed by atoms with Crippen LogP contribution < -0.4 is 5.32 Å². The molecule has 8 nitrogen and oxygen atoms in total. The Morgan fingerprint density at radius 2 is 1.47 bits per heavy atom. The number of aliphatic carboxylic acids is 1. The number of likely N-dealkylation sites (tertiary alicyclic amines) is 1. The molecule has 174 valence electrons. The maximum Gasteiger partial charge on any atom is 0.410 e. The number of hydrogen-bond donors (Lipinski definition) is 2. The van der Waals surface area contributed by atoms with Gasteiger partial charge in [-0.25, -0.2) is 18.0 Å². The van der Waals surface area contributed by atoms with Crippen molar-refractivity contribution >= 4 is 21.9 Å². The van der Waals surface area contributed by atoms with Crippen LogP contribution in [-0.4, -0.2) is 73.8 Å². The average molecular weight is 448 g/mol. The Bertz CT molecular complexity index is 626. The van der Waals surface area contributed by atoms with Crippen LogP contribution in [0.2, 0.25) is 0 Å². The Hall–Kier alpha value is -1.35. The van der Waals surface area contributed by atoms with Gasteiger partial charge in [0.25, 0.3) is 0 Å². The van der Waals surface area contributed by atoms with Gasteiger partial charge in [-0.2, -0.15) is 0 Å². The van der Waals surface area contributed by atoms with E-state index in [0.717, 1.165) is 23.2 Å². The van der Waals surface area contributed by atoms with Crippen LogP contribution in [0, 0.1) is 0 Å². The van der Waals surface area contributed by atoms with Crippen molar-refractivity contribution in [2.45, 2.75) is 95.2 Å². The molecule has 0 unspecified atom stereocenters. The summed E-state index contributed by atoms with van der Waals surface area (Å²) in [7, 11) is -3.19. The number of nitrogens with two attached hydrogens (primary N) is 1. The van der Waals surface area contributed by atoms with E-state index in [0.29, 0.717) is 19.4 Å². The Balaban J connectivity index is 0.000000220. The number of ether oxygens (including phenoxy) is 1. The monoisotopic (exact) mass is 447 g/mol. The predicted octanol–water partition coefficient (Wildman–Crippen LogP) is 1.93. The van der Waals surface area contributed by atoms with Crippen LogP contribution in [0.15, 0.2) is 0 Å². The fraction of sp³-hybridized carbons (Fsp3) is 0.905. The first-order chi connectivity index (χ1) is 14.3. The lowest BCUT2D eigenvalue weighted by Gasteiger charge is -2.27. The van der Waals surface area contributed by atoms with Gasteiger partial charge in [0.1, 0.15) is 12.6 Å². The van der Waals surface area contributed by atoms with Crippen LogP contribution in [0.3, 0.4) is 0 Å². The zero-order chi connectivity index (χ0) is 22.0. The van der Waals surface area contributed by atoms with Crippen molar-refractivity contribution in [2.24, 2.45) is 0 Å². The Kier molecular flexibility index (Phi) is 10.4. The Morgan fingerprint density at radius 3 is 1.93 bits per heavy atom. The van der Waals surface area contributed by atoms with Gasteiger partial charge in [0, 0.05) is 12.8 Å². The fourth-order valence-electron chi connectivity index (χ4n) is 4.64. The number of hydrogen-bond acceptors (Lipinski definition) is 5. The van der Waals surface area contributed by atoms with Gasteiger partial charge < -0.3 is 15.2 Å². The SMILES string of the molecule is C1CCC([NH2+]C2CCCCC2)CC1.CS(=O)(=O)CCOC(=O)N1CCC[C@H]1C(=O)O. The lowest BCUT2D eigenvalue weighted by atomic mass is 9.91. The molecule has 1 amide bonds. The molecule has 0 bridgehead atoms. The van der Waals surface area contributed by atoms with Crippen LogP contribution in [0.4, 0.5) is 4.79 Å². The third-order valence-electron chi connectivity index (χ3n) is 6.30. The zero-order valence-corrected chi connectivity index (χ0v) is 19.1. The van der Waals surface area contributed by atoms with Crippen molar-refractivity contribution in [3.8, 4) is 0 Å². The number of sulfone groups is 1. The average Bonchev–Trinajstić information content (AvgIpc) is 3.19. The Morgan fingerprint density at radius 1 is 0.933 bits per heavy atom. The summed E-state index contributed by atoms with van der Waals surface area (Å²) in [5, 5.41) is 11.6. The third-order valence-corrected chi connectivity index (χ3v) is 7.20. The van der Waals surface area contributed by atoms with Crippen molar-refractivity contribution in [1.29, 1.82) is 0 Å². The van der Waals surface area contributed by atoms with Gasteiger partial charge >= 0.3 is 12.1 Å². The minimum atomic E-state index is -3.19. The molecular weight excluding hydrogens is 408 g/mol. The number of carboxylic acids is 1. The largest absolute Gasteiger partial charge is 0.480 e. The molecule has 0 aromatic heterocycles. The quantitative estimate of drug-likeness (QED) is 0.642. The summed E-state index contributed by atoms with van der Waals surface area (Å²) < 4.78 is 26.3. The highest BCUT2D eigenvalue weighted by Crippen LogP contribution is 2.19. The van der Waals surface area contributed by atoms with E-state index in [2.05, 4.69) is 5.32 Å². The summed E-state index contributed by atoms with van der Waals surface area (Å²) in [6, 6.07) is 1.13. The van der Waals surface area contributed by atoms with Crippen LogP contribution in [0.25, 0.3) is 0 Å². The lowest BCUT2D eigenvalue weighted by molar-refractivity contribution is -0.725. The topological polar surface area (TPSA) is 118 Å². The zero-order valence-electron chi connectivity index (χ0n) is 18.3. The molecule has 1 saturated heterocycles. The van der Waals surface area contributed by atoms with E-state index in [9.17, 15) is 18.0 Å². The van der Waals surface area contributed by atoms with E-state index in [1.807, 2.05) is 0 Å². The van der Waals surface area contributed by atoms with Gasteiger partial charge in [-0.1, -0.05) is 12.8 Å². The van der Waals surface area contributed by atoms with Crippen molar-refractivity contribution < 1.29 is 33.2 Å². The number of carboxylic acid groups (broad SMARTS) is 1. The summed E-state index contributed by atoms with van der Waals surface area (Å²) in [5.74, 6) is -1.33. The van der Waals surface area contributed by atoms with E-state index >= 15 is 0 Å². The molecule has 2 saturated carbocycles. The summed E-state index contributed by atoms with van der Waals surface area (Å²) in [6.45, 7) is 0.0786. The highest BCUT2D eigenvalue weighted by molar-refractivity contribution is 7.90. The molecule has 9 heteroatoms. The number of carbonyl (C=O) groups excluding carboxylic acids is 1. The van der Waals surface area contributed by atoms with E-state index < -0.39 is 27.9 Å². The van der Waals surface area contributed by atoms with Crippen molar-refractivity contribution in [3.05, 3.63) is 0 Å². The summed E-state index contributed by atoms with van der Waals surface area (Å²) in [4.78, 5) is 23.4. The maximum absolute atomic E-state index is 11.5. The number of carbonyl (C=O) groups is 2. The van der Waals surface area contributed by atoms with Crippen molar-refractivity contribution in [1.82, 2.24) is 4.90 Å². The molecule has 0 aromatic carbocycles. The van der Waals surface area contributed by atoms with E-state index in [1.165, 1.54) is 64.2 Å². The van der Waals surface area contributed by atoms with E-state index in [1.54, 1.807) is 0 Å². The van der Waals surface area contributed by atoms with Crippen molar-refractivity contribution in [3.63, 3.8) is 0 Å². The smallest absolute Gasteiger partial charge is 0.410 e. The fourth-order valence-corrected chi connectivity index (χ4v) is 5.03. The number of rotatable bonds is 6. The Labute approximate surface area is 180 Å². The normalized spacial score (nSPS) is 23.5. The van der Waals surface area contributed by atoms with Gasteiger partial charge in [0.05, 0.1) is 17.8 Å². The van der Waals surface area contributed by atoms with Gasteiger partial charge in [-0.05, 0) is 64.2 Å². The van der Waals surface area contributed by atoms with Gasteiger partial charge in [0.2, 0.25) is 0 Å². The molecule has 0 radical (unpaired) electrons. The first-order valence-electron chi connectivity index (χ1n) is 11.4.